The summed E-state index contributed by atoms with van der Waals surface area (Å²) in [5, 5.41) is 2.69. The lowest BCUT2D eigenvalue weighted by molar-refractivity contribution is -0.885. The van der Waals surface area contributed by atoms with Gasteiger partial charge in [-0.3, -0.25) is 4.79 Å². The van der Waals surface area contributed by atoms with Crippen LogP contribution in [0.1, 0.15) is 5.56 Å². The number of hydrogen-bond acceptors (Lipinski definition) is 5. The summed E-state index contributed by atoms with van der Waals surface area (Å²) in [4.78, 5) is 13.4. The molecule has 2 aromatic rings. The molecular weight excluding hydrogens is 368 g/mol. The maximum Gasteiger partial charge on any atom is 0.279 e. The summed E-state index contributed by atoms with van der Waals surface area (Å²) in [5.74, 6) is 1.02. The molecule has 0 aliphatic heterocycles. The molecule has 7 nitrogen and oxygen atoms in total. The van der Waals surface area contributed by atoms with Crippen molar-refractivity contribution in [1.29, 1.82) is 0 Å². The monoisotopic (exact) mass is 393 g/mol. The topological polar surface area (TPSA) is 86.1 Å². The molecule has 1 atom stereocenters. The Hall–Kier alpha value is -2.58. The van der Waals surface area contributed by atoms with Crippen LogP contribution in [-0.4, -0.2) is 48.4 Å². The summed E-state index contributed by atoms with van der Waals surface area (Å²) in [6.45, 7) is 0.786. The molecule has 2 aromatic carbocycles. The predicted octanol–water partition coefficient (Wildman–Crippen LogP) is 0.761. The van der Waals surface area contributed by atoms with Crippen molar-refractivity contribution >= 4 is 21.4 Å². The second-order valence-corrected chi connectivity index (χ2v) is 8.30. The first-order valence-electron chi connectivity index (χ1n) is 8.35. The van der Waals surface area contributed by atoms with Crippen LogP contribution in [0.2, 0.25) is 0 Å². The molecule has 0 aliphatic carbocycles. The first-order valence-corrected chi connectivity index (χ1v) is 10.2. The molecule has 2 N–H and O–H groups in total. The van der Waals surface area contributed by atoms with E-state index in [0.717, 1.165) is 16.7 Å². The number of nitrogens with one attached hydrogen (secondary N) is 2. The van der Waals surface area contributed by atoms with Crippen LogP contribution in [0.25, 0.3) is 0 Å². The minimum atomic E-state index is -3.42. The summed E-state index contributed by atoms with van der Waals surface area (Å²) in [7, 11) is 1.62. The fourth-order valence-electron chi connectivity index (χ4n) is 2.76. The van der Waals surface area contributed by atoms with Crippen LogP contribution in [0.4, 0.5) is 5.69 Å². The molecule has 0 aliphatic rings. The molecule has 27 heavy (non-hydrogen) atoms. The maximum atomic E-state index is 12.3. The highest BCUT2D eigenvalue weighted by molar-refractivity contribution is 7.90. The molecular formula is C19H25N2O5S+. The normalized spacial score (nSPS) is 12.3. The van der Waals surface area contributed by atoms with Gasteiger partial charge in [-0.25, -0.2) is 8.42 Å². The summed E-state index contributed by atoms with van der Waals surface area (Å²) in [6.07, 6.45) is 1.12. The van der Waals surface area contributed by atoms with E-state index in [4.69, 9.17) is 9.47 Å². The number of ether oxygens (including phenoxy) is 2. The number of quaternary nitrogens is 1. The number of benzene rings is 2. The first-order chi connectivity index (χ1) is 12.7. The third-order valence-corrected chi connectivity index (χ3v) is 5.13. The number of anilines is 1. The van der Waals surface area contributed by atoms with Crippen LogP contribution in [0.5, 0.6) is 11.5 Å². The van der Waals surface area contributed by atoms with Gasteiger partial charge in [0.1, 0.15) is 6.54 Å². The van der Waals surface area contributed by atoms with Crippen LogP contribution in [-0.2, 0) is 21.2 Å². The van der Waals surface area contributed by atoms with E-state index in [2.05, 4.69) is 5.32 Å². The number of sulfone groups is 1. The largest absolute Gasteiger partial charge is 0.493 e. The Morgan fingerprint density at radius 3 is 2.37 bits per heavy atom. The van der Waals surface area contributed by atoms with Gasteiger partial charge >= 0.3 is 0 Å². The van der Waals surface area contributed by atoms with E-state index in [1.165, 1.54) is 6.07 Å². The van der Waals surface area contributed by atoms with Crippen LogP contribution < -0.4 is 19.7 Å². The lowest BCUT2D eigenvalue weighted by Crippen LogP contribution is -3.08. The van der Waals surface area contributed by atoms with Crippen molar-refractivity contribution in [1.82, 2.24) is 0 Å². The van der Waals surface area contributed by atoms with Crippen LogP contribution >= 0.6 is 0 Å². The van der Waals surface area contributed by atoms with Crippen molar-refractivity contribution in [3.63, 3.8) is 0 Å². The van der Waals surface area contributed by atoms with E-state index < -0.39 is 9.84 Å². The zero-order chi connectivity index (χ0) is 20.0. The van der Waals surface area contributed by atoms with E-state index in [1.54, 1.807) is 32.4 Å². The third kappa shape index (κ3) is 5.70. The van der Waals surface area contributed by atoms with E-state index in [1.807, 2.05) is 25.2 Å². The molecule has 0 spiro atoms. The molecule has 2 rings (SSSR count). The zero-order valence-corrected chi connectivity index (χ0v) is 16.7. The van der Waals surface area contributed by atoms with Gasteiger partial charge in [-0.05, 0) is 30.3 Å². The Labute approximate surface area is 159 Å². The molecule has 0 saturated carbocycles. The van der Waals surface area contributed by atoms with Crippen LogP contribution in [0.15, 0.2) is 47.4 Å². The maximum absolute atomic E-state index is 12.3. The molecule has 0 heterocycles. The van der Waals surface area contributed by atoms with Gasteiger partial charge in [0, 0.05) is 11.8 Å². The molecule has 0 radical (unpaired) electrons. The van der Waals surface area contributed by atoms with Crippen molar-refractivity contribution in [2.24, 2.45) is 0 Å². The highest BCUT2D eigenvalue weighted by Crippen LogP contribution is 2.27. The van der Waals surface area contributed by atoms with Crippen molar-refractivity contribution in [3.05, 3.63) is 48.0 Å². The van der Waals surface area contributed by atoms with Crippen molar-refractivity contribution in [3.8, 4) is 11.5 Å². The fourth-order valence-corrected chi connectivity index (χ4v) is 3.61. The number of carbonyl (C=O) groups is 1. The Bertz CT molecular complexity index is 912. The molecule has 0 saturated heterocycles. The number of likely N-dealkylation sites (N-methyl/N-ethyl adjacent to an activating group) is 1. The summed E-state index contributed by atoms with van der Waals surface area (Å²) < 4.78 is 34.2. The SMILES string of the molecule is COc1ccc(C[NH+](C)CC(=O)Nc2ccccc2S(C)(=O)=O)cc1OC. The van der Waals surface area contributed by atoms with Crippen LogP contribution in [0, 0.1) is 0 Å². The van der Waals surface area contributed by atoms with Gasteiger partial charge in [-0.15, -0.1) is 0 Å². The van der Waals surface area contributed by atoms with Gasteiger partial charge in [0.05, 0.1) is 31.9 Å². The Morgan fingerprint density at radius 2 is 1.74 bits per heavy atom. The van der Waals surface area contributed by atoms with Crippen molar-refractivity contribution < 1.29 is 27.6 Å². The second kappa shape index (κ2) is 8.88. The smallest absolute Gasteiger partial charge is 0.279 e. The standard InChI is InChI=1S/C19H24N2O5S/c1-21(12-14-9-10-16(25-2)17(11-14)26-3)13-19(22)20-15-7-5-6-8-18(15)27(4,23)24/h5-11H,12-13H2,1-4H3,(H,20,22)/p+1. The Balaban J connectivity index is 2.03. The molecule has 1 amide bonds. The molecule has 0 aromatic heterocycles. The average Bonchev–Trinajstić information content (AvgIpc) is 2.60. The van der Waals surface area contributed by atoms with Gasteiger partial charge < -0.3 is 19.7 Å². The van der Waals surface area contributed by atoms with E-state index in [-0.39, 0.29) is 17.3 Å². The lowest BCUT2D eigenvalue weighted by Gasteiger charge is -2.16. The Morgan fingerprint density at radius 1 is 1.07 bits per heavy atom. The highest BCUT2D eigenvalue weighted by Gasteiger charge is 2.17. The van der Waals surface area contributed by atoms with E-state index in [9.17, 15) is 13.2 Å². The average molecular weight is 393 g/mol. The molecule has 8 heteroatoms. The molecule has 0 fully saturated rings. The number of para-hydroxylation sites is 1. The number of amides is 1. The zero-order valence-electron chi connectivity index (χ0n) is 15.9. The van der Waals surface area contributed by atoms with Gasteiger partial charge in [0.2, 0.25) is 0 Å². The minimum Gasteiger partial charge on any atom is -0.493 e. The predicted molar refractivity (Wildman–Crippen MR) is 103 cm³/mol. The minimum absolute atomic E-state index is 0.107. The lowest BCUT2D eigenvalue weighted by atomic mass is 10.2. The van der Waals surface area contributed by atoms with Gasteiger partial charge in [0.15, 0.2) is 27.9 Å². The van der Waals surface area contributed by atoms with Crippen molar-refractivity contribution in [2.45, 2.75) is 11.4 Å². The third-order valence-electron chi connectivity index (χ3n) is 3.98. The molecule has 146 valence electrons. The van der Waals surface area contributed by atoms with E-state index in [0.29, 0.717) is 23.7 Å². The van der Waals surface area contributed by atoms with Gasteiger partial charge in [0.25, 0.3) is 5.91 Å². The number of methoxy groups -OCH3 is 2. The number of hydrogen-bond donors (Lipinski definition) is 2. The van der Waals surface area contributed by atoms with Crippen LogP contribution in [0.3, 0.4) is 0 Å². The summed E-state index contributed by atoms with van der Waals surface area (Å²) in [6, 6.07) is 12.0. The fraction of sp³-hybridized carbons (Fsp3) is 0.316. The van der Waals surface area contributed by atoms with Crippen molar-refractivity contribution in [2.75, 3.05) is 39.4 Å². The number of carbonyl (C=O) groups excluding carboxylic acids is 1. The summed E-state index contributed by atoms with van der Waals surface area (Å²) in [5.41, 5.74) is 1.29. The first kappa shape index (κ1) is 20.7. The highest BCUT2D eigenvalue weighted by atomic mass is 32.2. The van der Waals surface area contributed by atoms with E-state index >= 15 is 0 Å². The molecule has 1 unspecified atom stereocenters. The number of rotatable bonds is 8. The Kier molecular flexibility index (Phi) is 6.81. The summed E-state index contributed by atoms with van der Waals surface area (Å²) >= 11 is 0. The quantitative estimate of drug-likeness (QED) is 0.692. The molecule has 0 bridgehead atoms. The van der Waals surface area contributed by atoms with Gasteiger partial charge in [-0.2, -0.15) is 0 Å². The van der Waals surface area contributed by atoms with Gasteiger partial charge in [-0.1, -0.05) is 12.1 Å². The second-order valence-electron chi connectivity index (χ2n) is 6.32.